The molecule has 1 amide bonds. The number of likely N-dealkylation sites (tertiary alicyclic amines) is 1. The van der Waals surface area contributed by atoms with Crippen molar-refractivity contribution in [3.05, 3.63) is 27.3 Å². The van der Waals surface area contributed by atoms with Crippen molar-refractivity contribution in [2.24, 2.45) is 11.8 Å². The number of hydrogen-bond acceptors (Lipinski definition) is 3. The van der Waals surface area contributed by atoms with Crippen LogP contribution in [0.25, 0.3) is 0 Å². The van der Waals surface area contributed by atoms with E-state index in [0.29, 0.717) is 6.54 Å². The average molecular weight is 375 g/mol. The highest BCUT2D eigenvalue weighted by atomic mass is 127. The molecule has 5 nitrogen and oxygen atoms in total. The number of benzene rings is 1. The summed E-state index contributed by atoms with van der Waals surface area (Å²) in [5, 5.41) is 18.8. The van der Waals surface area contributed by atoms with Gasteiger partial charge in [0, 0.05) is 16.7 Å². The van der Waals surface area contributed by atoms with Gasteiger partial charge in [-0.3, -0.25) is 9.59 Å². The number of halogens is 1. The van der Waals surface area contributed by atoms with Gasteiger partial charge in [0.15, 0.2) is 0 Å². The van der Waals surface area contributed by atoms with E-state index in [1.165, 1.54) is 11.0 Å². The fourth-order valence-corrected chi connectivity index (χ4v) is 2.80. The monoisotopic (exact) mass is 375 g/mol. The number of amides is 1. The maximum atomic E-state index is 12.3. The third-order valence-electron chi connectivity index (χ3n) is 3.41. The summed E-state index contributed by atoms with van der Waals surface area (Å²) >= 11 is 2.06. The predicted octanol–water partition coefficient (Wildman–Crippen LogP) is 1.79. The summed E-state index contributed by atoms with van der Waals surface area (Å²) in [6.45, 7) is 2.42. The van der Waals surface area contributed by atoms with Crippen LogP contribution in [-0.4, -0.2) is 40.1 Å². The summed E-state index contributed by atoms with van der Waals surface area (Å²) in [7, 11) is 0. The number of nitrogens with zero attached hydrogens (tertiary/aromatic N) is 1. The molecular formula is C13H14INO4. The quantitative estimate of drug-likeness (QED) is 0.773. The lowest BCUT2D eigenvalue weighted by Crippen LogP contribution is -2.30. The standard InChI is InChI=1S/C13H14INO4/c1-7-5-15(6-10(7)13(18)19)12(17)9-4-8(14)2-3-11(9)16/h2-4,7,10,16H,5-6H2,1H3,(H,18,19)/t7-,10-/m1/s1. The maximum Gasteiger partial charge on any atom is 0.308 e. The van der Waals surface area contributed by atoms with Crippen LogP contribution in [0.3, 0.4) is 0 Å². The molecule has 6 heteroatoms. The molecule has 0 spiro atoms. The molecule has 0 bridgehead atoms. The van der Waals surface area contributed by atoms with Crippen molar-refractivity contribution in [2.75, 3.05) is 13.1 Å². The van der Waals surface area contributed by atoms with E-state index in [0.717, 1.165) is 3.57 Å². The number of phenols is 1. The second-order valence-electron chi connectivity index (χ2n) is 4.79. The van der Waals surface area contributed by atoms with Crippen LogP contribution in [0, 0.1) is 15.4 Å². The molecule has 0 unspecified atom stereocenters. The number of hydrogen-bond donors (Lipinski definition) is 2. The third-order valence-corrected chi connectivity index (χ3v) is 4.08. The smallest absolute Gasteiger partial charge is 0.308 e. The van der Waals surface area contributed by atoms with Crippen molar-refractivity contribution >= 4 is 34.5 Å². The minimum Gasteiger partial charge on any atom is -0.507 e. The molecule has 0 saturated carbocycles. The summed E-state index contributed by atoms with van der Waals surface area (Å²) < 4.78 is 0.848. The molecular weight excluding hydrogens is 361 g/mol. The number of phenolic OH excluding ortho intramolecular Hbond substituents is 1. The van der Waals surface area contributed by atoms with Crippen LogP contribution >= 0.6 is 22.6 Å². The van der Waals surface area contributed by atoms with Crippen LogP contribution in [0.1, 0.15) is 17.3 Å². The highest BCUT2D eigenvalue weighted by molar-refractivity contribution is 14.1. The van der Waals surface area contributed by atoms with Crippen molar-refractivity contribution in [1.29, 1.82) is 0 Å². The van der Waals surface area contributed by atoms with Crippen LogP contribution < -0.4 is 0 Å². The number of aliphatic carboxylic acids is 1. The van der Waals surface area contributed by atoms with Gasteiger partial charge in [0.25, 0.3) is 5.91 Å². The molecule has 0 aromatic heterocycles. The van der Waals surface area contributed by atoms with Gasteiger partial charge in [-0.25, -0.2) is 0 Å². The zero-order valence-electron chi connectivity index (χ0n) is 10.3. The third kappa shape index (κ3) is 2.83. The highest BCUT2D eigenvalue weighted by Gasteiger charge is 2.37. The summed E-state index contributed by atoms with van der Waals surface area (Å²) in [6, 6.07) is 4.79. The number of carbonyl (C=O) groups is 2. The zero-order chi connectivity index (χ0) is 14.2. The van der Waals surface area contributed by atoms with E-state index in [1.807, 2.05) is 6.92 Å². The van der Waals surface area contributed by atoms with Gasteiger partial charge >= 0.3 is 5.97 Å². The Hall–Kier alpha value is -1.31. The topological polar surface area (TPSA) is 77.8 Å². The lowest BCUT2D eigenvalue weighted by atomic mass is 9.99. The molecule has 1 aliphatic rings. The summed E-state index contributed by atoms with van der Waals surface area (Å²) in [6.07, 6.45) is 0. The number of rotatable bonds is 2. The first-order chi connectivity index (χ1) is 8.90. The first-order valence-corrected chi connectivity index (χ1v) is 6.98. The van der Waals surface area contributed by atoms with E-state index >= 15 is 0 Å². The van der Waals surface area contributed by atoms with E-state index in [2.05, 4.69) is 22.6 Å². The highest BCUT2D eigenvalue weighted by Crippen LogP contribution is 2.27. The summed E-state index contributed by atoms with van der Waals surface area (Å²) in [4.78, 5) is 24.8. The molecule has 1 aliphatic heterocycles. The second-order valence-corrected chi connectivity index (χ2v) is 6.04. The van der Waals surface area contributed by atoms with Crippen molar-refractivity contribution in [1.82, 2.24) is 4.90 Å². The predicted molar refractivity (Wildman–Crippen MR) is 77.0 cm³/mol. The Morgan fingerprint density at radius 3 is 2.63 bits per heavy atom. The molecule has 1 fully saturated rings. The van der Waals surface area contributed by atoms with Gasteiger partial charge in [-0.1, -0.05) is 6.92 Å². The van der Waals surface area contributed by atoms with Gasteiger partial charge in [-0.15, -0.1) is 0 Å². The van der Waals surface area contributed by atoms with Gasteiger partial charge in [-0.05, 0) is 46.7 Å². The number of aromatic hydroxyl groups is 1. The van der Waals surface area contributed by atoms with Crippen molar-refractivity contribution in [3.8, 4) is 5.75 Å². The molecule has 1 saturated heterocycles. The largest absolute Gasteiger partial charge is 0.507 e. The Morgan fingerprint density at radius 1 is 1.37 bits per heavy atom. The number of carboxylic acids is 1. The molecule has 0 radical (unpaired) electrons. The first kappa shape index (κ1) is 14.1. The summed E-state index contributed by atoms with van der Waals surface area (Å²) in [5.74, 6) is -1.88. The van der Waals surface area contributed by atoms with Gasteiger partial charge in [-0.2, -0.15) is 0 Å². The molecule has 1 aromatic rings. The maximum absolute atomic E-state index is 12.3. The molecule has 2 rings (SSSR count). The minimum absolute atomic E-state index is 0.0724. The molecule has 102 valence electrons. The van der Waals surface area contributed by atoms with E-state index in [-0.39, 0.29) is 29.7 Å². The lowest BCUT2D eigenvalue weighted by molar-refractivity contribution is -0.142. The fourth-order valence-electron chi connectivity index (χ4n) is 2.30. The van der Waals surface area contributed by atoms with Gasteiger partial charge < -0.3 is 15.1 Å². The van der Waals surface area contributed by atoms with E-state index < -0.39 is 11.9 Å². The fraction of sp³-hybridized carbons (Fsp3) is 0.385. The molecule has 2 N–H and O–H groups in total. The van der Waals surface area contributed by atoms with Crippen LogP contribution in [0.5, 0.6) is 5.75 Å². The average Bonchev–Trinajstić information content (AvgIpc) is 2.74. The van der Waals surface area contributed by atoms with Crippen LogP contribution in [-0.2, 0) is 4.79 Å². The summed E-state index contributed by atoms with van der Waals surface area (Å²) in [5.41, 5.74) is 0.227. The Bertz CT molecular complexity index is 531. The van der Waals surface area contributed by atoms with Crippen molar-refractivity contribution in [3.63, 3.8) is 0 Å². The number of carbonyl (C=O) groups excluding carboxylic acids is 1. The van der Waals surface area contributed by atoms with Crippen LogP contribution in [0.15, 0.2) is 18.2 Å². The normalized spacial score (nSPS) is 22.5. The Balaban J connectivity index is 2.22. The second kappa shape index (κ2) is 5.36. The van der Waals surface area contributed by atoms with E-state index in [1.54, 1.807) is 12.1 Å². The van der Waals surface area contributed by atoms with Gasteiger partial charge in [0.05, 0.1) is 11.5 Å². The Morgan fingerprint density at radius 2 is 2.05 bits per heavy atom. The Labute approximate surface area is 124 Å². The van der Waals surface area contributed by atoms with Crippen molar-refractivity contribution < 1.29 is 19.8 Å². The molecule has 2 atom stereocenters. The lowest BCUT2D eigenvalue weighted by Gasteiger charge is -2.16. The molecule has 0 aliphatic carbocycles. The molecule has 1 heterocycles. The molecule has 1 aromatic carbocycles. The SMILES string of the molecule is C[C@@H]1CN(C(=O)c2cc(I)ccc2O)C[C@H]1C(=O)O. The molecule has 19 heavy (non-hydrogen) atoms. The van der Waals surface area contributed by atoms with Crippen LogP contribution in [0.2, 0.25) is 0 Å². The van der Waals surface area contributed by atoms with Crippen molar-refractivity contribution in [2.45, 2.75) is 6.92 Å². The van der Waals surface area contributed by atoms with E-state index in [9.17, 15) is 14.7 Å². The Kier molecular flexibility index (Phi) is 3.98. The first-order valence-electron chi connectivity index (χ1n) is 5.90. The van der Waals surface area contributed by atoms with E-state index in [4.69, 9.17) is 5.11 Å². The van der Waals surface area contributed by atoms with Gasteiger partial charge in [0.2, 0.25) is 0 Å². The van der Waals surface area contributed by atoms with Crippen LogP contribution in [0.4, 0.5) is 0 Å². The van der Waals surface area contributed by atoms with Gasteiger partial charge in [0.1, 0.15) is 5.75 Å². The number of carboxylic acid groups (broad SMARTS) is 1. The minimum atomic E-state index is -0.880. The zero-order valence-corrected chi connectivity index (χ0v) is 12.5.